The van der Waals surface area contributed by atoms with Crippen molar-refractivity contribution in [1.82, 2.24) is 20.2 Å². The lowest BCUT2D eigenvalue weighted by Gasteiger charge is -1.96. The van der Waals surface area contributed by atoms with Gasteiger partial charge in [-0.1, -0.05) is 18.2 Å². The lowest BCUT2D eigenvalue weighted by atomic mass is 10.1. The number of hydrogen-bond acceptors (Lipinski definition) is 6. The molecular formula is C15H12N6O. The van der Waals surface area contributed by atoms with Crippen LogP contribution in [0.3, 0.4) is 0 Å². The first-order chi connectivity index (χ1) is 10.8. The van der Waals surface area contributed by atoms with Gasteiger partial charge in [0.2, 0.25) is 0 Å². The number of fused-ring (bicyclic) bond motifs is 3. The Morgan fingerprint density at radius 3 is 3.05 bits per heavy atom. The Morgan fingerprint density at radius 1 is 1.23 bits per heavy atom. The standard InChI is InChI=1S/C15H12N6O/c1-9-4-2-6-11-12(9)17-14-13(11)19-21-15(18-14)20-16-8-10-5-3-7-22-10/h2-8H,1H3,(H2,17,18,20,21)/b16-8-. The minimum atomic E-state index is 0.319. The lowest BCUT2D eigenvalue weighted by molar-refractivity contribution is 0.560. The Balaban J connectivity index is 1.68. The maximum Gasteiger partial charge on any atom is 0.265 e. The Labute approximate surface area is 125 Å². The summed E-state index contributed by atoms with van der Waals surface area (Å²) in [6.45, 7) is 2.04. The summed E-state index contributed by atoms with van der Waals surface area (Å²) in [5.41, 5.74) is 6.33. The van der Waals surface area contributed by atoms with Crippen LogP contribution in [0.5, 0.6) is 0 Å². The second-order valence-corrected chi connectivity index (χ2v) is 4.84. The van der Waals surface area contributed by atoms with Gasteiger partial charge in [0.1, 0.15) is 11.3 Å². The van der Waals surface area contributed by atoms with Crippen molar-refractivity contribution >= 4 is 34.2 Å². The van der Waals surface area contributed by atoms with Gasteiger partial charge >= 0.3 is 0 Å². The number of furan rings is 1. The zero-order chi connectivity index (χ0) is 14.9. The van der Waals surface area contributed by atoms with E-state index in [-0.39, 0.29) is 0 Å². The van der Waals surface area contributed by atoms with Gasteiger partial charge in [-0.3, -0.25) is 0 Å². The average Bonchev–Trinajstić information content (AvgIpc) is 3.15. The predicted octanol–water partition coefficient (Wildman–Crippen LogP) is 2.85. The van der Waals surface area contributed by atoms with Crippen molar-refractivity contribution in [2.24, 2.45) is 5.10 Å². The fourth-order valence-electron chi connectivity index (χ4n) is 2.31. The van der Waals surface area contributed by atoms with Crippen molar-refractivity contribution in [3.63, 3.8) is 0 Å². The molecule has 0 amide bonds. The van der Waals surface area contributed by atoms with Crippen LogP contribution >= 0.6 is 0 Å². The molecule has 108 valence electrons. The first-order valence-electron chi connectivity index (χ1n) is 6.75. The van der Waals surface area contributed by atoms with E-state index in [4.69, 9.17) is 4.42 Å². The van der Waals surface area contributed by atoms with Crippen molar-refractivity contribution in [2.45, 2.75) is 6.92 Å². The van der Waals surface area contributed by atoms with Crippen LogP contribution in [0.25, 0.3) is 22.1 Å². The van der Waals surface area contributed by atoms with Crippen LogP contribution in [0.1, 0.15) is 11.3 Å². The fourth-order valence-corrected chi connectivity index (χ4v) is 2.31. The number of hydrogen-bond donors (Lipinski definition) is 2. The molecule has 0 saturated carbocycles. The van der Waals surface area contributed by atoms with E-state index in [1.54, 1.807) is 24.6 Å². The van der Waals surface area contributed by atoms with E-state index in [2.05, 4.69) is 30.7 Å². The summed E-state index contributed by atoms with van der Waals surface area (Å²) < 4.78 is 5.14. The summed E-state index contributed by atoms with van der Waals surface area (Å²) in [5, 5.41) is 13.3. The van der Waals surface area contributed by atoms with Crippen LogP contribution in [0.4, 0.5) is 5.95 Å². The SMILES string of the molecule is Cc1cccc2c1[nH]c1nc(N/N=C\c3ccco3)nnc12. The zero-order valence-corrected chi connectivity index (χ0v) is 11.7. The molecule has 0 spiro atoms. The third kappa shape index (κ3) is 2.08. The van der Waals surface area contributed by atoms with E-state index in [0.717, 1.165) is 22.0 Å². The molecule has 0 bridgehead atoms. The quantitative estimate of drug-likeness (QED) is 0.447. The summed E-state index contributed by atoms with van der Waals surface area (Å²) in [7, 11) is 0. The minimum Gasteiger partial charge on any atom is -0.463 e. The molecule has 0 atom stereocenters. The first kappa shape index (κ1) is 12.5. The van der Waals surface area contributed by atoms with Gasteiger partial charge in [-0.25, -0.2) is 5.43 Å². The van der Waals surface area contributed by atoms with Gasteiger partial charge in [0.05, 0.1) is 18.0 Å². The number of aromatic nitrogens is 4. The van der Waals surface area contributed by atoms with E-state index >= 15 is 0 Å². The smallest absolute Gasteiger partial charge is 0.265 e. The third-order valence-corrected chi connectivity index (χ3v) is 3.36. The Hall–Kier alpha value is -3.22. The summed E-state index contributed by atoms with van der Waals surface area (Å²) in [4.78, 5) is 7.65. The highest BCUT2D eigenvalue weighted by Gasteiger charge is 2.09. The minimum absolute atomic E-state index is 0.319. The Bertz CT molecular complexity index is 970. The van der Waals surface area contributed by atoms with E-state index in [0.29, 0.717) is 17.4 Å². The largest absolute Gasteiger partial charge is 0.463 e. The average molecular weight is 292 g/mol. The molecule has 7 nitrogen and oxygen atoms in total. The number of aryl methyl sites for hydroxylation is 1. The maximum atomic E-state index is 5.14. The highest BCUT2D eigenvalue weighted by Crippen LogP contribution is 2.24. The topological polar surface area (TPSA) is 92.0 Å². The number of aromatic amines is 1. The number of rotatable bonds is 3. The number of nitrogens with one attached hydrogen (secondary N) is 2. The third-order valence-electron chi connectivity index (χ3n) is 3.36. The summed E-state index contributed by atoms with van der Waals surface area (Å²) in [6.07, 6.45) is 3.13. The predicted molar refractivity (Wildman–Crippen MR) is 83.9 cm³/mol. The molecule has 0 unspecified atom stereocenters. The zero-order valence-electron chi connectivity index (χ0n) is 11.7. The molecule has 0 radical (unpaired) electrons. The molecule has 0 saturated heterocycles. The van der Waals surface area contributed by atoms with E-state index < -0.39 is 0 Å². The van der Waals surface area contributed by atoms with Crippen LogP contribution in [-0.4, -0.2) is 26.4 Å². The Morgan fingerprint density at radius 2 is 2.18 bits per heavy atom. The number of H-pyrrole nitrogens is 1. The van der Waals surface area contributed by atoms with Crippen LogP contribution < -0.4 is 5.43 Å². The molecule has 4 aromatic rings. The van der Waals surface area contributed by atoms with Crippen LogP contribution in [0.15, 0.2) is 46.1 Å². The van der Waals surface area contributed by atoms with E-state index in [1.165, 1.54) is 0 Å². The molecule has 3 aromatic heterocycles. The van der Waals surface area contributed by atoms with Crippen molar-refractivity contribution < 1.29 is 4.42 Å². The maximum absolute atomic E-state index is 5.14. The number of anilines is 1. The lowest BCUT2D eigenvalue weighted by Crippen LogP contribution is -1.98. The van der Waals surface area contributed by atoms with Gasteiger partial charge in [0, 0.05) is 5.39 Å². The van der Waals surface area contributed by atoms with Gasteiger partial charge in [-0.15, -0.1) is 10.2 Å². The van der Waals surface area contributed by atoms with Gasteiger partial charge in [-0.2, -0.15) is 10.1 Å². The van der Waals surface area contributed by atoms with Gasteiger partial charge in [0.25, 0.3) is 5.95 Å². The molecule has 3 heterocycles. The molecule has 1 aromatic carbocycles. The van der Waals surface area contributed by atoms with Crippen molar-refractivity contribution in [1.29, 1.82) is 0 Å². The molecular weight excluding hydrogens is 280 g/mol. The molecule has 0 aliphatic carbocycles. The number of nitrogens with zero attached hydrogens (tertiary/aromatic N) is 4. The van der Waals surface area contributed by atoms with E-state index in [1.807, 2.05) is 25.1 Å². The van der Waals surface area contributed by atoms with E-state index in [9.17, 15) is 0 Å². The van der Waals surface area contributed by atoms with Crippen molar-refractivity contribution in [3.8, 4) is 0 Å². The summed E-state index contributed by atoms with van der Waals surface area (Å²) in [6, 6.07) is 9.62. The highest BCUT2D eigenvalue weighted by atomic mass is 16.3. The summed E-state index contributed by atoms with van der Waals surface area (Å²) in [5.74, 6) is 0.960. The van der Waals surface area contributed by atoms with Gasteiger partial charge in [-0.05, 0) is 24.6 Å². The molecule has 2 N–H and O–H groups in total. The highest BCUT2D eigenvalue weighted by molar-refractivity contribution is 6.04. The van der Waals surface area contributed by atoms with Gasteiger partial charge in [0.15, 0.2) is 5.65 Å². The second-order valence-electron chi connectivity index (χ2n) is 4.84. The number of benzene rings is 1. The van der Waals surface area contributed by atoms with Gasteiger partial charge < -0.3 is 9.40 Å². The second kappa shape index (κ2) is 4.96. The molecule has 7 heteroatoms. The monoisotopic (exact) mass is 292 g/mol. The van der Waals surface area contributed by atoms with Crippen LogP contribution in [0.2, 0.25) is 0 Å². The van der Waals surface area contributed by atoms with Crippen molar-refractivity contribution in [2.75, 3.05) is 5.43 Å². The normalized spacial score (nSPS) is 11.7. The van der Waals surface area contributed by atoms with Crippen molar-refractivity contribution in [3.05, 3.63) is 47.9 Å². The fraction of sp³-hybridized carbons (Fsp3) is 0.0667. The molecule has 0 aliphatic rings. The molecule has 0 aliphatic heterocycles. The van der Waals surface area contributed by atoms with Crippen LogP contribution in [0, 0.1) is 6.92 Å². The Kier molecular flexibility index (Phi) is 2.82. The summed E-state index contributed by atoms with van der Waals surface area (Å²) >= 11 is 0. The number of hydrazone groups is 1. The molecule has 4 rings (SSSR count). The van der Waals surface area contributed by atoms with Crippen LogP contribution in [-0.2, 0) is 0 Å². The molecule has 0 fully saturated rings. The number of para-hydroxylation sites is 1. The first-order valence-corrected chi connectivity index (χ1v) is 6.75. The molecule has 22 heavy (non-hydrogen) atoms.